The Morgan fingerprint density at radius 3 is 2.73 bits per heavy atom. The van der Waals surface area contributed by atoms with Crippen molar-refractivity contribution in [3.63, 3.8) is 0 Å². The van der Waals surface area contributed by atoms with Gasteiger partial charge < -0.3 is 15.4 Å². The van der Waals surface area contributed by atoms with Crippen LogP contribution in [0.25, 0.3) is 5.69 Å². The lowest BCUT2D eigenvalue weighted by Gasteiger charge is -1.94. The first-order valence-corrected chi connectivity index (χ1v) is 4.66. The zero-order valence-corrected chi connectivity index (χ0v) is 8.09. The smallest absolute Gasteiger partial charge is 0.241 e. The third-order valence-electron chi connectivity index (χ3n) is 2.08. The van der Waals surface area contributed by atoms with Crippen LogP contribution in [0.4, 0.5) is 0 Å². The Bertz CT molecular complexity index is 439. The highest BCUT2D eigenvalue weighted by molar-refractivity contribution is 5.22. The molecule has 1 aromatic carbocycles. The molecule has 2 N–H and O–H groups in total. The van der Waals surface area contributed by atoms with Crippen molar-refractivity contribution in [2.24, 2.45) is 5.73 Å². The van der Waals surface area contributed by atoms with Crippen LogP contribution in [-0.2, 0) is 6.42 Å². The summed E-state index contributed by atoms with van der Waals surface area (Å²) in [4.78, 5) is 0. The Labute approximate surface area is 86.7 Å². The molecule has 78 valence electrons. The van der Waals surface area contributed by atoms with Gasteiger partial charge in [0.05, 0.1) is 5.27 Å². The summed E-state index contributed by atoms with van der Waals surface area (Å²) in [6, 6.07) is 9.33. The maximum Gasteiger partial charge on any atom is 0.241 e. The van der Waals surface area contributed by atoms with Gasteiger partial charge in [-0.05, 0) is 4.68 Å². The summed E-state index contributed by atoms with van der Waals surface area (Å²) in [7, 11) is 0. The fraction of sp³-hybridized carbons (Fsp3) is 0.200. The van der Waals surface area contributed by atoms with Crippen LogP contribution in [0.15, 0.2) is 34.9 Å². The van der Waals surface area contributed by atoms with Crippen molar-refractivity contribution in [2.75, 3.05) is 6.54 Å². The van der Waals surface area contributed by atoms with E-state index in [1.807, 2.05) is 30.3 Å². The van der Waals surface area contributed by atoms with Gasteiger partial charge in [-0.2, -0.15) is 0 Å². The number of nitrogens with two attached hydrogens (primary N) is 1. The lowest BCUT2D eigenvalue weighted by atomic mass is 10.3. The van der Waals surface area contributed by atoms with E-state index in [-0.39, 0.29) is 0 Å². The Hall–Kier alpha value is -1.88. The molecular weight excluding hydrogens is 194 g/mol. The highest BCUT2D eigenvalue weighted by Crippen LogP contribution is 2.09. The van der Waals surface area contributed by atoms with E-state index in [0.29, 0.717) is 18.7 Å². The summed E-state index contributed by atoms with van der Waals surface area (Å²) >= 11 is 0. The lowest BCUT2D eigenvalue weighted by Crippen LogP contribution is -2.37. The van der Waals surface area contributed by atoms with Gasteiger partial charge in [0.1, 0.15) is 0 Å². The second kappa shape index (κ2) is 4.10. The largest absolute Gasteiger partial charge is 0.539 e. The molecule has 0 unspecified atom stereocenters. The molecule has 0 amide bonds. The number of para-hydroxylation sites is 1. The van der Waals surface area contributed by atoms with Crippen molar-refractivity contribution in [3.8, 4) is 11.6 Å². The van der Waals surface area contributed by atoms with Gasteiger partial charge >= 0.3 is 0 Å². The first-order chi connectivity index (χ1) is 7.33. The molecule has 0 radical (unpaired) electrons. The van der Waals surface area contributed by atoms with E-state index < -0.39 is 5.95 Å². The van der Waals surface area contributed by atoms with Gasteiger partial charge in [-0.3, -0.25) is 0 Å². The minimum Gasteiger partial charge on any atom is -0.539 e. The van der Waals surface area contributed by atoms with Crippen LogP contribution in [0.1, 0.15) is 5.69 Å². The maximum atomic E-state index is 11.3. The van der Waals surface area contributed by atoms with Crippen molar-refractivity contribution >= 4 is 0 Å². The summed E-state index contributed by atoms with van der Waals surface area (Å²) in [5, 5.41) is 15.0. The fourth-order valence-electron chi connectivity index (χ4n) is 1.38. The zero-order chi connectivity index (χ0) is 10.7. The summed E-state index contributed by atoms with van der Waals surface area (Å²) in [6.45, 7) is 0.392. The topological polar surface area (TPSA) is 79.0 Å². The maximum absolute atomic E-state index is 11.3. The van der Waals surface area contributed by atoms with Crippen molar-refractivity contribution in [3.05, 3.63) is 36.0 Å². The second-order valence-corrected chi connectivity index (χ2v) is 3.09. The molecule has 5 heteroatoms. The normalized spacial score (nSPS) is 10.5. The third-order valence-corrected chi connectivity index (χ3v) is 2.08. The number of benzene rings is 1. The van der Waals surface area contributed by atoms with Crippen molar-refractivity contribution in [2.45, 2.75) is 6.42 Å². The Morgan fingerprint density at radius 1 is 1.33 bits per heavy atom. The SMILES string of the molecule is NCCc1c([O-])on[n+]1-c1ccccc1. The zero-order valence-electron chi connectivity index (χ0n) is 8.09. The van der Waals surface area contributed by atoms with E-state index in [1.165, 1.54) is 4.68 Å². The van der Waals surface area contributed by atoms with E-state index in [1.54, 1.807) is 0 Å². The van der Waals surface area contributed by atoms with E-state index in [2.05, 4.69) is 9.79 Å². The summed E-state index contributed by atoms with van der Waals surface area (Å²) < 4.78 is 6.09. The summed E-state index contributed by atoms with van der Waals surface area (Å²) in [6.07, 6.45) is 0.456. The van der Waals surface area contributed by atoms with E-state index in [9.17, 15) is 5.11 Å². The van der Waals surface area contributed by atoms with E-state index >= 15 is 0 Å². The first-order valence-electron chi connectivity index (χ1n) is 4.66. The van der Waals surface area contributed by atoms with Gasteiger partial charge in [0.15, 0.2) is 5.95 Å². The molecule has 0 aliphatic carbocycles. The minimum absolute atomic E-state index is 0.392. The van der Waals surface area contributed by atoms with Crippen molar-refractivity contribution in [1.29, 1.82) is 0 Å². The van der Waals surface area contributed by atoms with Crippen LogP contribution >= 0.6 is 0 Å². The highest BCUT2D eigenvalue weighted by Gasteiger charge is 2.18. The van der Waals surface area contributed by atoms with Crippen LogP contribution in [0.2, 0.25) is 0 Å². The van der Waals surface area contributed by atoms with Gasteiger partial charge in [0.25, 0.3) is 0 Å². The number of nitrogens with zero attached hydrogens (tertiary/aromatic N) is 2. The number of rotatable bonds is 3. The van der Waals surface area contributed by atoms with Crippen LogP contribution in [0.5, 0.6) is 5.95 Å². The standard InChI is InChI=1S/C10H11N3O2/c11-7-6-9-10(14)15-12-13(9)8-4-2-1-3-5-8/h1-5H,6-7,11H2. The van der Waals surface area contributed by atoms with E-state index in [4.69, 9.17) is 5.73 Å². The number of aromatic nitrogens is 2. The average Bonchev–Trinajstić information content (AvgIpc) is 2.63. The molecule has 0 aliphatic heterocycles. The molecule has 0 saturated carbocycles. The van der Waals surface area contributed by atoms with Crippen molar-refractivity contribution < 1.29 is 14.3 Å². The van der Waals surface area contributed by atoms with E-state index in [0.717, 1.165) is 5.69 Å². The van der Waals surface area contributed by atoms with Gasteiger partial charge in [0.2, 0.25) is 11.4 Å². The lowest BCUT2D eigenvalue weighted by molar-refractivity contribution is -0.677. The van der Waals surface area contributed by atoms with Crippen LogP contribution in [0, 0.1) is 0 Å². The molecule has 1 heterocycles. The van der Waals surface area contributed by atoms with Gasteiger partial charge in [-0.1, -0.05) is 18.2 Å². The molecule has 15 heavy (non-hydrogen) atoms. The molecule has 1 aromatic heterocycles. The number of hydrogen-bond donors (Lipinski definition) is 1. The predicted octanol–water partition coefficient (Wildman–Crippen LogP) is -0.474. The van der Waals surface area contributed by atoms with Crippen LogP contribution < -0.4 is 15.5 Å². The van der Waals surface area contributed by atoms with Crippen LogP contribution in [-0.4, -0.2) is 11.8 Å². The quantitative estimate of drug-likeness (QED) is 0.687. The van der Waals surface area contributed by atoms with Gasteiger partial charge in [-0.15, -0.1) is 0 Å². The average molecular weight is 205 g/mol. The number of hydrogen-bond acceptors (Lipinski definition) is 4. The molecule has 0 aliphatic rings. The monoisotopic (exact) mass is 205 g/mol. The van der Waals surface area contributed by atoms with Crippen LogP contribution in [0.3, 0.4) is 0 Å². The molecule has 5 nitrogen and oxygen atoms in total. The minimum atomic E-state index is -0.427. The van der Waals surface area contributed by atoms with Gasteiger partial charge in [-0.25, -0.2) is 0 Å². The second-order valence-electron chi connectivity index (χ2n) is 3.09. The van der Waals surface area contributed by atoms with Crippen molar-refractivity contribution in [1.82, 2.24) is 5.27 Å². The van der Waals surface area contributed by atoms with Gasteiger partial charge in [0, 0.05) is 25.1 Å². The highest BCUT2D eigenvalue weighted by atomic mass is 16.6. The molecule has 0 saturated heterocycles. The Kier molecular flexibility index (Phi) is 2.64. The molecule has 0 bridgehead atoms. The predicted molar refractivity (Wildman–Crippen MR) is 50.2 cm³/mol. The molecule has 2 aromatic rings. The molecule has 0 fully saturated rings. The fourth-order valence-corrected chi connectivity index (χ4v) is 1.38. The Morgan fingerprint density at radius 2 is 2.07 bits per heavy atom. The Balaban J connectivity index is 2.44. The molecule has 2 rings (SSSR count). The summed E-state index contributed by atoms with van der Waals surface area (Å²) in [5.74, 6) is -0.427. The molecular formula is C10H11N3O2. The first kappa shape index (κ1) is 9.67. The molecule has 0 atom stereocenters. The summed E-state index contributed by atoms with van der Waals surface area (Å²) in [5.41, 5.74) is 6.69. The third kappa shape index (κ3) is 1.82. The molecule has 0 spiro atoms.